The fourth-order valence-corrected chi connectivity index (χ4v) is 2.05. The number of aldehydes is 3. The molecule has 0 N–H and O–H groups in total. The molecular formula is C17H14O3. The van der Waals surface area contributed by atoms with Gasteiger partial charge in [-0.1, -0.05) is 36.5 Å². The van der Waals surface area contributed by atoms with Crippen LogP contribution in [0.15, 0.2) is 70.4 Å². The van der Waals surface area contributed by atoms with E-state index in [0.717, 1.165) is 35.6 Å². The van der Waals surface area contributed by atoms with Crippen LogP contribution in [0, 0.1) is 0 Å². The Kier molecular flexibility index (Phi) is 4.56. The Bertz CT molecular complexity index is 623. The predicted octanol–water partition coefficient (Wildman–Crippen LogP) is 2.58. The van der Waals surface area contributed by atoms with Crippen LogP contribution in [0.4, 0.5) is 0 Å². The molecule has 0 aliphatic heterocycles. The van der Waals surface area contributed by atoms with Gasteiger partial charge in [0.25, 0.3) is 0 Å². The highest BCUT2D eigenvalue weighted by Gasteiger charge is 2.07. The second-order valence-corrected chi connectivity index (χ2v) is 4.65. The molecule has 2 aliphatic carbocycles. The number of carbonyl (C=O) groups excluding carboxylic acids is 3. The first-order valence-corrected chi connectivity index (χ1v) is 6.30. The van der Waals surface area contributed by atoms with E-state index in [-0.39, 0.29) is 0 Å². The first kappa shape index (κ1) is 13.9. The van der Waals surface area contributed by atoms with Crippen LogP contribution in [0.5, 0.6) is 0 Å². The Balaban J connectivity index is 1.99. The summed E-state index contributed by atoms with van der Waals surface area (Å²) in [4.78, 5) is 32.3. The quantitative estimate of drug-likeness (QED) is 0.422. The van der Waals surface area contributed by atoms with Crippen molar-refractivity contribution in [2.24, 2.45) is 0 Å². The Hall–Kier alpha value is -2.55. The van der Waals surface area contributed by atoms with Crippen molar-refractivity contribution in [2.45, 2.75) is 12.8 Å². The van der Waals surface area contributed by atoms with Gasteiger partial charge in [-0.15, -0.1) is 0 Å². The van der Waals surface area contributed by atoms with Gasteiger partial charge in [0.1, 0.15) is 18.9 Å². The molecular weight excluding hydrogens is 252 g/mol. The molecule has 2 aliphatic rings. The molecule has 3 nitrogen and oxygen atoms in total. The SMILES string of the molecule is O=CC(C=CC1=CC=C(C=O)C1)=CC1=CC=C(C=O)C1. The molecule has 0 amide bonds. The van der Waals surface area contributed by atoms with Gasteiger partial charge in [0.05, 0.1) is 0 Å². The summed E-state index contributed by atoms with van der Waals surface area (Å²) in [6.45, 7) is 0. The minimum absolute atomic E-state index is 0.539. The van der Waals surface area contributed by atoms with Crippen molar-refractivity contribution in [3.8, 4) is 0 Å². The van der Waals surface area contributed by atoms with Gasteiger partial charge in [-0.3, -0.25) is 14.4 Å². The minimum atomic E-state index is 0.539. The largest absolute Gasteiger partial charge is 0.298 e. The van der Waals surface area contributed by atoms with Crippen LogP contribution >= 0.6 is 0 Å². The lowest BCUT2D eigenvalue weighted by atomic mass is 10.1. The molecule has 20 heavy (non-hydrogen) atoms. The summed E-state index contributed by atoms with van der Waals surface area (Å²) in [6.07, 6.45) is 16.2. The summed E-state index contributed by atoms with van der Waals surface area (Å²) >= 11 is 0. The van der Waals surface area contributed by atoms with Crippen molar-refractivity contribution in [3.05, 3.63) is 70.4 Å². The summed E-state index contributed by atoms with van der Waals surface area (Å²) < 4.78 is 0. The molecule has 0 radical (unpaired) electrons. The van der Waals surface area contributed by atoms with Crippen LogP contribution in [0.25, 0.3) is 0 Å². The number of hydrogen-bond acceptors (Lipinski definition) is 3. The van der Waals surface area contributed by atoms with Gasteiger partial charge in [0.2, 0.25) is 0 Å². The summed E-state index contributed by atoms with van der Waals surface area (Å²) in [5, 5.41) is 0. The standard InChI is InChI=1S/C17H14O3/c18-10-15-4-1-13(7-15)2-5-16(11-19)8-14-3-6-17(9-14)12-20/h1-6,8,10-12H,7,9H2. The van der Waals surface area contributed by atoms with Crippen LogP contribution < -0.4 is 0 Å². The molecule has 0 fully saturated rings. The smallest absolute Gasteiger partial charge is 0.150 e. The number of hydrogen-bond donors (Lipinski definition) is 0. The molecule has 0 saturated heterocycles. The summed E-state index contributed by atoms with van der Waals surface area (Å²) in [5.41, 5.74) is 3.92. The van der Waals surface area contributed by atoms with Gasteiger partial charge in [0.15, 0.2) is 0 Å². The minimum Gasteiger partial charge on any atom is -0.298 e. The van der Waals surface area contributed by atoms with E-state index in [4.69, 9.17) is 0 Å². The van der Waals surface area contributed by atoms with E-state index in [1.54, 1.807) is 24.3 Å². The molecule has 0 aromatic carbocycles. The summed E-state index contributed by atoms with van der Waals surface area (Å²) in [7, 11) is 0. The molecule has 3 heteroatoms. The van der Waals surface area contributed by atoms with Crippen molar-refractivity contribution >= 4 is 18.9 Å². The Morgan fingerprint density at radius 2 is 1.35 bits per heavy atom. The molecule has 0 saturated carbocycles. The van der Waals surface area contributed by atoms with Crippen LogP contribution in [0.3, 0.4) is 0 Å². The van der Waals surface area contributed by atoms with Gasteiger partial charge in [-0.2, -0.15) is 0 Å². The number of allylic oxidation sites excluding steroid dienone is 12. The third kappa shape index (κ3) is 3.48. The maximum Gasteiger partial charge on any atom is 0.150 e. The highest BCUT2D eigenvalue weighted by Crippen LogP contribution is 2.21. The fraction of sp³-hybridized carbons (Fsp3) is 0.118. The molecule has 2 rings (SSSR count). The zero-order chi connectivity index (χ0) is 14.4. The van der Waals surface area contributed by atoms with E-state index in [1.165, 1.54) is 0 Å². The first-order valence-electron chi connectivity index (χ1n) is 6.30. The molecule has 0 atom stereocenters. The number of carbonyl (C=O) groups is 3. The van der Waals surface area contributed by atoms with Crippen molar-refractivity contribution < 1.29 is 14.4 Å². The zero-order valence-corrected chi connectivity index (χ0v) is 10.9. The van der Waals surface area contributed by atoms with Crippen molar-refractivity contribution in [2.75, 3.05) is 0 Å². The molecule has 0 spiro atoms. The Labute approximate surface area is 117 Å². The second kappa shape index (κ2) is 6.57. The summed E-state index contributed by atoms with van der Waals surface area (Å²) in [6, 6.07) is 0. The number of rotatable bonds is 6. The highest BCUT2D eigenvalue weighted by molar-refractivity contribution is 5.81. The van der Waals surface area contributed by atoms with E-state index < -0.39 is 0 Å². The van der Waals surface area contributed by atoms with E-state index in [1.807, 2.05) is 18.2 Å². The van der Waals surface area contributed by atoms with Gasteiger partial charge in [-0.25, -0.2) is 0 Å². The normalized spacial score (nSPS) is 18.5. The predicted molar refractivity (Wildman–Crippen MR) is 77.0 cm³/mol. The third-order valence-electron chi connectivity index (χ3n) is 3.12. The van der Waals surface area contributed by atoms with Gasteiger partial charge >= 0.3 is 0 Å². The van der Waals surface area contributed by atoms with E-state index in [0.29, 0.717) is 24.0 Å². The average Bonchev–Trinajstić information content (AvgIpc) is 3.12. The van der Waals surface area contributed by atoms with Crippen LogP contribution in [-0.2, 0) is 14.4 Å². The first-order chi connectivity index (χ1) is 9.75. The topological polar surface area (TPSA) is 51.2 Å². The Morgan fingerprint density at radius 3 is 1.90 bits per heavy atom. The molecule has 0 unspecified atom stereocenters. The van der Waals surface area contributed by atoms with Gasteiger partial charge < -0.3 is 0 Å². The molecule has 0 heterocycles. The van der Waals surface area contributed by atoms with E-state index in [9.17, 15) is 14.4 Å². The zero-order valence-electron chi connectivity index (χ0n) is 10.9. The highest BCUT2D eigenvalue weighted by atomic mass is 16.1. The average molecular weight is 266 g/mol. The monoisotopic (exact) mass is 266 g/mol. The lowest BCUT2D eigenvalue weighted by Crippen LogP contribution is -1.86. The van der Waals surface area contributed by atoms with Crippen LogP contribution in [0.2, 0.25) is 0 Å². The van der Waals surface area contributed by atoms with E-state index in [2.05, 4.69) is 0 Å². The Morgan fingerprint density at radius 1 is 0.800 bits per heavy atom. The van der Waals surface area contributed by atoms with Gasteiger partial charge in [-0.05, 0) is 28.4 Å². The van der Waals surface area contributed by atoms with Crippen molar-refractivity contribution in [3.63, 3.8) is 0 Å². The second-order valence-electron chi connectivity index (χ2n) is 4.65. The van der Waals surface area contributed by atoms with Crippen LogP contribution in [-0.4, -0.2) is 18.9 Å². The third-order valence-corrected chi connectivity index (χ3v) is 3.12. The van der Waals surface area contributed by atoms with E-state index >= 15 is 0 Å². The lowest BCUT2D eigenvalue weighted by Gasteiger charge is -1.97. The molecule has 0 aromatic rings. The maximum atomic E-state index is 11.0. The van der Waals surface area contributed by atoms with Crippen LogP contribution in [0.1, 0.15) is 12.8 Å². The summed E-state index contributed by atoms with van der Waals surface area (Å²) in [5.74, 6) is 0. The maximum absolute atomic E-state index is 11.0. The fourth-order valence-electron chi connectivity index (χ4n) is 2.05. The van der Waals surface area contributed by atoms with Crippen molar-refractivity contribution in [1.82, 2.24) is 0 Å². The molecule has 0 bridgehead atoms. The molecule has 0 aromatic heterocycles. The molecule has 100 valence electrons. The van der Waals surface area contributed by atoms with Crippen molar-refractivity contribution in [1.29, 1.82) is 0 Å². The lowest BCUT2D eigenvalue weighted by molar-refractivity contribution is -0.105. The van der Waals surface area contributed by atoms with Gasteiger partial charge in [0, 0.05) is 18.4 Å².